The quantitative estimate of drug-likeness (QED) is 0.607. The molecule has 0 saturated carbocycles. The lowest BCUT2D eigenvalue weighted by Crippen LogP contribution is -2.48. The molecule has 1 aromatic carbocycles. The van der Waals surface area contributed by atoms with Gasteiger partial charge in [-0.3, -0.25) is 9.69 Å². The van der Waals surface area contributed by atoms with Crippen molar-refractivity contribution in [2.24, 2.45) is 0 Å². The zero-order valence-electron chi connectivity index (χ0n) is 17.8. The maximum absolute atomic E-state index is 12.3. The van der Waals surface area contributed by atoms with Gasteiger partial charge in [-0.25, -0.2) is 4.68 Å². The van der Waals surface area contributed by atoms with E-state index in [4.69, 9.17) is 9.47 Å². The molecule has 0 aliphatic carbocycles. The van der Waals surface area contributed by atoms with Crippen LogP contribution in [0.3, 0.4) is 0 Å². The van der Waals surface area contributed by atoms with Crippen LogP contribution in [0.5, 0.6) is 11.5 Å². The number of benzene rings is 1. The molecule has 31 heavy (non-hydrogen) atoms. The van der Waals surface area contributed by atoms with Crippen molar-refractivity contribution in [3.8, 4) is 22.1 Å². The van der Waals surface area contributed by atoms with Gasteiger partial charge in [0, 0.05) is 31.8 Å². The molecule has 164 valence electrons. The van der Waals surface area contributed by atoms with Crippen molar-refractivity contribution < 1.29 is 14.6 Å². The van der Waals surface area contributed by atoms with Gasteiger partial charge in [0.1, 0.15) is 17.2 Å². The third-order valence-electron chi connectivity index (χ3n) is 5.69. The van der Waals surface area contributed by atoms with Crippen LogP contribution in [0.4, 0.5) is 0 Å². The minimum absolute atomic E-state index is 0.195. The van der Waals surface area contributed by atoms with Crippen molar-refractivity contribution in [2.45, 2.75) is 31.5 Å². The van der Waals surface area contributed by atoms with Gasteiger partial charge in [0.05, 0.1) is 31.2 Å². The average molecular weight is 442 g/mol. The average Bonchev–Trinajstić information content (AvgIpc) is 3.32. The van der Waals surface area contributed by atoms with Crippen LogP contribution < -0.4 is 15.0 Å². The normalized spacial score (nSPS) is 16.2. The highest BCUT2D eigenvalue weighted by atomic mass is 32.1. The first kappa shape index (κ1) is 21.5. The van der Waals surface area contributed by atoms with Crippen molar-refractivity contribution in [1.29, 1.82) is 0 Å². The van der Waals surface area contributed by atoms with E-state index >= 15 is 0 Å². The summed E-state index contributed by atoms with van der Waals surface area (Å²) in [5, 5.41) is 17.6. The van der Waals surface area contributed by atoms with Crippen LogP contribution in [0, 0.1) is 0 Å². The lowest BCUT2D eigenvalue weighted by Gasteiger charge is -2.38. The van der Waals surface area contributed by atoms with E-state index in [1.165, 1.54) is 10.7 Å². The van der Waals surface area contributed by atoms with E-state index in [0.29, 0.717) is 12.8 Å². The van der Waals surface area contributed by atoms with Gasteiger partial charge >= 0.3 is 0 Å². The monoisotopic (exact) mass is 441 g/mol. The zero-order chi connectivity index (χ0) is 21.8. The fourth-order valence-electron chi connectivity index (χ4n) is 3.90. The van der Waals surface area contributed by atoms with Crippen molar-refractivity contribution in [1.82, 2.24) is 14.7 Å². The molecule has 3 aromatic rings. The summed E-state index contributed by atoms with van der Waals surface area (Å²) >= 11 is 1.58. The van der Waals surface area contributed by atoms with Gasteiger partial charge in [-0.1, -0.05) is 6.07 Å². The summed E-state index contributed by atoms with van der Waals surface area (Å²) in [7, 11) is 3.28. The number of nitrogens with zero attached hydrogens (tertiary/aromatic N) is 3. The minimum Gasteiger partial charge on any atom is -0.497 e. The molecule has 2 aromatic heterocycles. The fraction of sp³-hybridized carbons (Fsp3) is 0.391. The number of hydrogen-bond acceptors (Lipinski definition) is 7. The zero-order valence-corrected chi connectivity index (χ0v) is 18.6. The molecule has 3 heterocycles. The lowest BCUT2D eigenvalue weighted by molar-refractivity contribution is -0.0389. The molecule has 1 N–H and O–H groups in total. The van der Waals surface area contributed by atoms with Gasteiger partial charge in [0.15, 0.2) is 0 Å². The van der Waals surface area contributed by atoms with E-state index in [0.717, 1.165) is 47.3 Å². The molecular weight excluding hydrogens is 414 g/mol. The predicted octanol–water partition coefficient (Wildman–Crippen LogP) is 3.02. The Morgan fingerprint density at radius 3 is 2.42 bits per heavy atom. The van der Waals surface area contributed by atoms with Crippen LogP contribution in [-0.4, -0.2) is 52.7 Å². The van der Waals surface area contributed by atoms with Gasteiger partial charge in [0.2, 0.25) is 0 Å². The van der Waals surface area contributed by atoms with Crippen LogP contribution in [-0.2, 0) is 13.1 Å². The van der Waals surface area contributed by atoms with Crippen LogP contribution in [0.2, 0.25) is 0 Å². The predicted molar refractivity (Wildman–Crippen MR) is 121 cm³/mol. The molecule has 7 nitrogen and oxygen atoms in total. The number of thiophene rings is 1. The first-order chi connectivity index (χ1) is 15.0. The first-order valence-corrected chi connectivity index (χ1v) is 11.1. The van der Waals surface area contributed by atoms with Crippen LogP contribution in [0.15, 0.2) is 52.6 Å². The van der Waals surface area contributed by atoms with Crippen molar-refractivity contribution in [2.75, 3.05) is 27.3 Å². The molecule has 1 aliphatic rings. The molecule has 4 rings (SSSR count). The van der Waals surface area contributed by atoms with E-state index in [2.05, 4.69) is 10.00 Å². The number of hydrogen-bond donors (Lipinski definition) is 1. The second kappa shape index (κ2) is 9.21. The van der Waals surface area contributed by atoms with E-state index < -0.39 is 5.60 Å². The molecule has 0 amide bonds. The molecule has 1 aliphatic heterocycles. The molecule has 0 spiro atoms. The highest BCUT2D eigenvalue weighted by molar-refractivity contribution is 7.13. The third-order valence-corrected chi connectivity index (χ3v) is 6.58. The molecule has 0 bridgehead atoms. The number of likely N-dealkylation sites (tertiary alicyclic amines) is 1. The Kier molecular flexibility index (Phi) is 6.41. The van der Waals surface area contributed by atoms with Gasteiger partial charge in [-0.2, -0.15) is 5.10 Å². The molecule has 8 heteroatoms. The van der Waals surface area contributed by atoms with Gasteiger partial charge in [0.25, 0.3) is 5.56 Å². The highest BCUT2D eigenvalue weighted by Crippen LogP contribution is 2.28. The second-order valence-corrected chi connectivity index (χ2v) is 8.86. The number of piperidine rings is 1. The van der Waals surface area contributed by atoms with Crippen molar-refractivity contribution >= 4 is 11.3 Å². The summed E-state index contributed by atoms with van der Waals surface area (Å²) in [6.07, 6.45) is 1.15. The number of aliphatic hydroxyl groups is 1. The Hall–Kier alpha value is -2.68. The van der Waals surface area contributed by atoms with E-state index in [-0.39, 0.29) is 12.1 Å². The Balaban J connectivity index is 1.41. The minimum atomic E-state index is -0.951. The topological polar surface area (TPSA) is 76.8 Å². The summed E-state index contributed by atoms with van der Waals surface area (Å²) in [6.45, 7) is 2.41. The maximum atomic E-state index is 12.3. The number of methoxy groups -OCH3 is 2. The van der Waals surface area contributed by atoms with Crippen LogP contribution >= 0.6 is 11.3 Å². The highest BCUT2D eigenvalue weighted by Gasteiger charge is 2.33. The standard InChI is InChI=1S/C23H27N3O4S/c1-29-18-12-17(13-19(14-18)30-2)15-25-9-7-23(28,8-10-25)16-26-22(27)6-5-20(24-26)21-4-3-11-31-21/h3-6,11-14,28H,7-10,15-16H2,1-2H3. The van der Waals surface area contributed by atoms with Crippen LogP contribution in [0.25, 0.3) is 10.6 Å². The van der Waals surface area contributed by atoms with E-state index in [1.807, 2.05) is 35.7 Å². The number of ether oxygens (including phenoxy) is 2. The lowest BCUT2D eigenvalue weighted by atomic mass is 9.91. The Morgan fingerprint density at radius 2 is 1.81 bits per heavy atom. The number of aromatic nitrogens is 2. The smallest absolute Gasteiger partial charge is 0.266 e. The van der Waals surface area contributed by atoms with Gasteiger partial charge in [-0.05, 0) is 48.1 Å². The largest absolute Gasteiger partial charge is 0.497 e. The maximum Gasteiger partial charge on any atom is 0.266 e. The summed E-state index contributed by atoms with van der Waals surface area (Å²) in [4.78, 5) is 15.6. The molecule has 0 unspecified atom stereocenters. The Labute approximate surface area is 185 Å². The van der Waals surface area contributed by atoms with E-state index in [1.54, 1.807) is 31.6 Å². The van der Waals surface area contributed by atoms with Crippen molar-refractivity contribution in [3.63, 3.8) is 0 Å². The molecule has 0 radical (unpaired) electrons. The van der Waals surface area contributed by atoms with E-state index in [9.17, 15) is 9.90 Å². The molecule has 1 fully saturated rings. The second-order valence-electron chi connectivity index (χ2n) is 7.91. The fourth-order valence-corrected chi connectivity index (χ4v) is 4.59. The molecular formula is C23H27N3O4S. The Morgan fingerprint density at radius 1 is 1.10 bits per heavy atom. The number of rotatable bonds is 7. The summed E-state index contributed by atoms with van der Waals surface area (Å²) in [6, 6.07) is 13.1. The van der Waals surface area contributed by atoms with Gasteiger partial charge < -0.3 is 14.6 Å². The summed E-state index contributed by atoms with van der Waals surface area (Å²) < 4.78 is 12.1. The molecule has 0 atom stereocenters. The van der Waals surface area contributed by atoms with Crippen molar-refractivity contribution in [3.05, 3.63) is 63.8 Å². The third kappa shape index (κ3) is 5.15. The van der Waals surface area contributed by atoms with Gasteiger partial charge in [-0.15, -0.1) is 11.3 Å². The van der Waals surface area contributed by atoms with Crippen LogP contribution in [0.1, 0.15) is 18.4 Å². The Bertz CT molecular complexity index is 1050. The SMILES string of the molecule is COc1cc(CN2CCC(O)(Cn3nc(-c4cccs4)ccc3=O)CC2)cc(OC)c1. The summed E-state index contributed by atoms with van der Waals surface area (Å²) in [5.41, 5.74) is 0.707. The summed E-state index contributed by atoms with van der Waals surface area (Å²) in [5.74, 6) is 1.53. The molecule has 1 saturated heterocycles. The first-order valence-electron chi connectivity index (χ1n) is 10.3.